The Hall–Kier alpha value is -1.28. The van der Waals surface area contributed by atoms with E-state index in [0.717, 1.165) is 11.1 Å². The van der Waals surface area contributed by atoms with E-state index in [-0.39, 0.29) is 0 Å². The molecule has 0 aliphatic heterocycles. The van der Waals surface area contributed by atoms with Crippen molar-refractivity contribution >= 4 is 10.9 Å². The number of hydrogen-bond acceptors (Lipinski definition) is 1. The fraction of sp³-hybridized carbons (Fsp3) is 0.100. The zero-order valence-corrected chi connectivity index (χ0v) is 6.62. The summed E-state index contributed by atoms with van der Waals surface area (Å²) in [5.41, 5.74) is 2.25. The molecule has 2 N–H and O–H groups in total. The molecule has 0 unspecified atom stereocenters. The number of para-hydroxylation sites is 1. The standard InChI is InChI=1S/C10H10NO/c12-6-5-8-7-11-10-4-2-1-3-9(8)10/h1-4,6-7,11-12H,5H2. The molecule has 0 aliphatic rings. The smallest absolute Gasteiger partial charge is 0.0843 e. The summed E-state index contributed by atoms with van der Waals surface area (Å²) in [5, 5.41) is 9.84. The molecule has 0 amide bonds. The highest BCUT2D eigenvalue weighted by Gasteiger charge is 2.00. The lowest BCUT2D eigenvalue weighted by Crippen LogP contribution is -1.81. The summed E-state index contributed by atoms with van der Waals surface area (Å²) in [5.74, 6) is 0. The summed E-state index contributed by atoms with van der Waals surface area (Å²) in [6, 6.07) is 8.06. The van der Waals surface area contributed by atoms with Crippen molar-refractivity contribution < 1.29 is 5.11 Å². The molecule has 61 valence electrons. The van der Waals surface area contributed by atoms with Crippen LogP contribution in [0.4, 0.5) is 0 Å². The number of hydrogen-bond donors (Lipinski definition) is 2. The lowest BCUT2D eigenvalue weighted by Gasteiger charge is -1.92. The van der Waals surface area contributed by atoms with Crippen molar-refractivity contribution in [1.29, 1.82) is 0 Å². The second-order valence-electron chi connectivity index (χ2n) is 2.75. The van der Waals surface area contributed by atoms with Gasteiger partial charge in [0.25, 0.3) is 0 Å². The van der Waals surface area contributed by atoms with Gasteiger partial charge in [0.15, 0.2) is 0 Å². The molecule has 0 saturated carbocycles. The number of nitrogens with one attached hydrogen (secondary N) is 1. The highest BCUT2D eigenvalue weighted by atomic mass is 16.2. The van der Waals surface area contributed by atoms with Crippen molar-refractivity contribution in [2.45, 2.75) is 6.42 Å². The van der Waals surface area contributed by atoms with Crippen LogP contribution in [0.3, 0.4) is 0 Å². The van der Waals surface area contributed by atoms with Crippen molar-refractivity contribution in [3.8, 4) is 0 Å². The number of aromatic amines is 1. The molecular weight excluding hydrogens is 150 g/mol. The number of aliphatic hydroxyl groups is 1. The van der Waals surface area contributed by atoms with Crippen LogP contribution in [-0.2, 0) is 6.42 Å². The van der Waals surface area contributed by atoms with Crippen molar-refractivity contribution in [1.82, 2.24) is 4.98 Å². The van der Waals surface area contributed by atoms with Gasteiger partial charge in [-0.3, -0.25) is 0 Å². The van der Waals surface area contributed by atoms with Crippen LogP contribution in [-0.4, -0.2) is 10.1 Å². The van der Waals surface area contributed by atoms with Gasteiger partial charge in [-0.25, -0.2) is 0 Å². The molecule has 2 aromatic rings. The van der Waals surface area contributed by atoms with Crippen molar-refractivity contribution in [2.75, 3.05) is 0 Å². The van der Waals surface area contributed by atoms with E-state index in [2.05, 4.69) is 4.98 Å². The molecule has 0 aliphatic carbocycles. The van der Waals surface area contributed by atoms with Crippen LogP contribution in [0.25, 0.3) is 10.9 Å². The summed E-state index contributed by atoms with van der Waals surface area (Å²) < 4.78 is 0. The van der Waals surface area contributed by atoms with E-state index < -0.39 is 0 Å². The maximum atomic E-state index is 8.66. The van der Waals surface area contributed by atoms with Crippen molar-refractivity contribution in [2.24, 2.45) is 0 Å². The Bertz CT molecular complexity index is 378. The Morgan fingerprint density at radius 1 is 1.33 bits per heavy atom. The Balaban J connectivity index is 2.55. The summed E-state index contributed by atoms with van der Waals surface area (Å²) in [6.45, 7) is 1.18. The van der Waals surface area contributed by atoms with Gasteiger partial charge in [-0.05, 0) is 11.6 Å². The van der Waals surface area contributed by atoms with Crippen LogP contribution >= 0.6 is 0 Å². The normalized spacial score (nSPS) is 10.8. The highest BCUT2D eigenvalue weighted by molar-refractivity contribution is 5.83. The number of fused-ring (bicyclic) bond motifs is 1. The topological polar surface area (TPSA) is 36.0 Å². The second-order valence-corrected chi connectivity index (χ2v) is 2.75. The Labute approximate surface area is 70.8 Å². The van der Waals surface area contributed by atoms with Crippen molar-refractivity contribution in [3.05, 3.63) is 42.6 Å². The monoisotopic (exact) mass is 160 g/mol. The first-order valence-corrected chi connectivity index (χ1v) is 3.92. The molecule has 0 saturated heterocycles. The van der Waals surface area contributed by atoms with Crippen LogP contribution in [0.2, 0.25) is 0 Å². The molecule has 1 heterocycles. The molecule has 1 radical (unpaired) electrons. The minimum absolute atomic E-state index is 0.601. The van der Waals surface area contributed by atoms with Gasteiger partial charge in [0, 0.05) is 23.5 Å². The van der Waals surface area contributed by atoms with Crippen LogP contribution in [0.1, 0.15) is 5.56 Å². The molecule has 1 aromatic heterocycles. The first-order chi connectivity index (χ1) is 5.92. The first kappa shape index (κ1) is 7.37. The van der Waals surface area contributed by atoms with E-state index in [0.29, 0.717) is 6.42 Å². The fourth-order valence-electron chi connectivity index (χ4n) is 1.40. The van der Waals surface area contributed by atoms with Gasteiger partial charge in [-0.2, -0.15) is 0 Å². The van der Waals surface area contributed by atoms with Gasteiger partial charge in [-0.1, -0.05) is 18.2 Å². The predicted octanol–water partition coefficient (Wildman–Crippen LogP) is 2.24. The van der Waals surface area contributed by atoms with E-state index in [1.807, 2.05) is 30.5 Å². The van der Waals surface area contributed by atoms with Crippen LogP contribution in [0, 0.1) is 6.61 Å². The van der Waals surface area contributed by atoms with E-state index >= 15 is 0 Å². The van der Waals surface area contributed by atoms with Gasteiger partial charge < -0.3 is 10.1 Å². The van der Waals surface area contributed by atoms with E-state index in [4.69, 9.17) is 5.11 Å². The maximum Gasteiger partial charge on any atom is 0.0843 e. The summed E-state index contributed by atoms with van der Waals surface area (Å²) in [6.07, 6.45) is 2.53. The third kappa shape index (κ3) is 1.10. The number of aromatic nitrogens is 1. The fourth-order valence-corrected chi connectivity index (χ4v) is 1.40. The van der Waals surface area contributed by atoms with Gasteiger partial charge >= 0.3 is 0 Å². The van der Waals surface area contributed by atoms with Crippen molar-refractivity contribution in [3.63, 3.8) is 0 Å². The molecular formula is C10H10NO. The molecule has 0 atom stereocenters. The number of benzene rings is 1. The van der Waals surface area contributed by atoms with Gasteiger partial charge in [0.05, 0.1) is 6.61 Å². The molecule has 2 nitrogen and oxygen atoms in total. The Morgan fingerprint density at radius 3 is 3.00 bits per heavy atom. The minimum atomic E-state index is 0.601. The largest absolute Gasteiger partial charge is 0.390 e. The average Bonchev–Trinajstić information content (AvgIpc) is 2.50. The molecule has 2 heteroatoms. The lowest BCUT2D eigenvalue weighted by atomic mass is 10.1. The Kier molecular flexibility index (Phi) is 1.84. The molecule has 12 heavy (non-hydrogen) atoms. The third-order valence-electron chi connectivity index (χ3n) is 1.99. The van der Waals surface area contributed by atoms with Crippen LogP contribution in [0.5, 0.6) is 0 Å². The van der Waals surface area contributed by atoms with Crippen LogP contribution < -0.4 is 0 Å². The second kappa shape index (κ2) is 2.99. The number of H-pyrrole nitrogens is 1. The zero-order chi connectivity index (χ0) is 8.39. The first-order valence-electron chi connectivity index (χ1n) is 3.92. The minimum Gasteiger partial charge on any atom is -0.390 e. The molecule has 0 fully saturated rings. The van der Waals surface area contributed by atoms with Gasteiger partial charge in [0.1, 0.15) is 0 Å². The quantitative estimate of drug-likeness (QED) is 0.694. The maximum absolute atomic E-state index is 8.66. The van der Waals surface area contributed by atoms with E-state index in [9.17, 15) is 0 Å². The Morgan fingerprint density at radius 2 is 2.17 bits per heavy atom. The SMILES string of the molecule is O[CH]Cc1c[nH]c2ccccc12. The van der Waals surface area contributed by atoms with E-state index in [1.165, 1.54) is 12.0 Å². The molecule has 1 aromatic carbocycles. The predicted molar refractivity (Wildman–Crippen MR) is 48.2 cm³/mol. The molecule has 0 spiro atoms. The summed E-state index contributed by atoms with van der Waals surface area (Å²) >= 11 is 0. The third-order valence-corrected chi connectivity index (χ3v) is 1.99. The highest BCUT2D eigenvalue weighted by Crippen LogP contribution is 2.17. The van der Waals surface area contributed by atoms with Gasteiger partial charge in [-0.15, -0.1) is 0 Å². The van der Waals surface area contributed by atoms with Gasteiger partial charge in [0.2, 0.25) is 0 Å². The molecule has 0 bridgehead atoms. The zero-order valence-electron chi connectivity index (χ0n) is 6.62. The summed E-state index contributed by atoms with van der Waals surface area (Å²) in [4.78, 5) is 3.14. The lowest BCUT2D eigenvalue weighted by molar-refractivity contribution is 0.386. The summed E-state index contributed by atoms with van der Waals surface area (Å²) in [7, 11) is 0. The average molecular weight is 160 g/mol. The van der Waals surface area contributed by atoms with E-state index in [1.54, 1.807) is 0 Å². The number of rotatable bonds is 2. The molecule has 2 rings (SSSR count). The number of aliphatic hydroxyl groups excluding tert-OH is 1. The van der Waals surface area contributed by atoms with Crippen LogP contribution in [0.15, 0.2) is 30.5 Å².